The number of hydrogen-bond donors (Lipinski definition) is 1. The highest BCUT2D eigenvalue weighted by Gasteiger charge is 2.18. The van der Waals surface area contributed by atoms with Gasteiger partial charge in [0.2, 0.25) is 0 Å². The SMILES string of the molecule is CSc1ccc(CN2CC[C@@H](N)C2)cc1. The highest BCUT2D eigenvalue weighted by Crippen LogP contribution is 2.17. The van der Waals surface area contributed by atoms with Gasteiger partial charge >= 0.3 is 0 Å². The van der Waals surface area contributed by atoms with Crippen LogP contribution in [0, 0.1) is 0 Å². The molecule has 1 aliphatic rings. The van der Waals surface area contributed by atoms with E-state index in [1.165, 1.54) is 10.5 Å². The topological polar surface area (TPSA) is 29.3 Å². The summed E-state index contributed by atoms with van der Waals surface area (Å²) in [5.74, 6) is 0. The highest BCUT2D eigenvalue weighted by molar-refractivity contribution is 7.98. The molecule has 0 aromatic heterocycles. The number of likely N-dealkylation sites (tertiary alicyclic amines) is 1. The van der Waals surface area contributed by atoms with Gasteiger partial charge in [0.15, 0.2) is 0 Å². The Hall–Kier alpha value is -0.510. The van der Waals surface area contributed by atoms with Crippen molar-refractivity contribution in [2.75, 3.05) is 19.3 Å². The molecule has 0 unspecified atom stereocenters. The van der Waals surface area contributed by atoms with E-state index in [4.69, 9.17) is 5.73 Å². The zero-order valence-corrected chi connectivity index (χ0v) is 9.96. The van der Waals surface area contributed by atoms with Crippen LogP contribution in [0.1, 0.15) is 12.0 Å². The standard InChI is InChI=1S/C12H18N2S/c1-15-12-4-2-10(3-5-12)8-14-7-6-11(13)9-14/h2-5,11H,6-9,13H2,1H3/t11-/m1/s1. The van der Waals surface area contributed by atoms with Crippen LogP contribution in [0.15, 0.2) is 29.2 Å². The predicted molar refractivity (Wildman–Crippen MR) is 66.1 cm³/mol. The molecule has 1 fully saturated rings. The van der Waals surface area contributed by atoms with E-state index < -0.39 is 0 Å². The first-order valence-electron chi connectivity index (χ1n) is 5.39. The largest absolute Gasteiger partial charge is 0.326 e. The maximum atomic E-state index is 5.88. The van der Waals surface area contributed by atoms with Crippen LogP contribution in [0.4, 0.5) is 0 Å². The zero-order chi connectivity index (χ0) is 10.7. The first-order valence-corrected chi connectivity index (χ1v) is 6.61. The molecular weight excluding hydrogens is 204 g/mol. The molecule has 1 aromatic rings. The van der Waals surface area contributed by atoms with Crippen molar-refractivity contribution in [3.05, 3.63) is 29.8 Å². The van der Waals surface area contributed by atoms with Crippen LogP contribution >= 0.6 is 11.8 Å². The normalized spacial score (nSPS) is 22.1. The van der Waals surface area contributed by atoms with Gasteiger partial charge in [-0.05, 0) is 30.4 Å². The number of thioether (sulfide) groups is 1. The summed E-state index contributed by atoms with van der Waals surface area (Å²) in [6, 6.07) is 9.20. The molecular formula is C12H18N2S. The first-order chi connectivity index (χ1) is 7.28. The van der Waals surface area contributed by atoms with E-state index in [1.54, 1.807) is 11.8 Å². The minimum atomic E-state index is 0.385. The smallest absolute Gasteiger partial charge is 0.0234 e. The number of hydrogen-bond acceptors (Lipinski definition) is 3. The Morgan fingerprint density at radius 1 is 1.40 bits per heavy atom. The molecule has 2 rings (SSSR count). The Morgan fingerprint density at radius 2 is 2.13 bits per heavy atom. The summed E-state index contributed by atoms with van der Waals surface area (Å²) < 4.78 is 0. The van der Waals surface area contributed by atoms with Gasteiger partial charge in [-0.2, -0.15) is 0 Å². The van der Waals surface area contributed by atoms with Crippen molar-refractivity contribution in [1.82, 2.24) is 4.90 Å². The zero-order valence-electron chi connectivity index (χ0n) is 9.15. The van der Waals surface area contributed by atoms with Crippen molar-refractivity contribution in [1.29, 1.82) is 0 Å². The van der Waals surface area contributed by atoms with Gasteiger partial charge in [0, 0.05) is 30.6 Å². The molecule has 0 radical (unpaired) electrons. The van der Waals surface area contributed by atoms with Crippen LogP contribution in [0.5, 0.6) is 0 Å². The molecule has 1 aromatic carbocycles. The molecule has 1 saturated heterocycles. The second kappa shape index (κ2) is 5.01. The summed E-state index contributed by atoms with van der Waals surface area (Å²) in [7, 11) is 0. The number of benzene rings is 1. The summed E-state index contributed by atoms with van der Waals surface area (Å²) in [4.78, 5) is 3.76. The van der Waals surface area contributed by atoms with Gasteiger partial charge in [-0.3, -0.25) is 4.90 Å². The van der Waals surface area contributed by atoms with E-state index in [1.807, 2.05) is 0 Å². The summed E-state index contributed by atoms with van der Waals surface area (Å²) in [5, 5.41) is 0. The van der Waals surface area contributed by atoms with Crippen molar-refractivity contribution >= 4 is 11.8 Å². The molecule has 15 heavy (non-hydrogen) atoms. The number of rotatable bonds is 3. The number of nitrogens with two attached hydrogens (primary N) is 1. The van der Waals surface area contributed by atoms with E-state index >= 15 is 0 Å². The summed E-state index contributed by atoms with van der Waals surface area (Å²) in [6.45, 7) is 3.23. The summed E-state index contributed by atoms with van der Waals surface area (Å²) >= 11 is 1.79. The van der Waals surface area contributed by atoms with Gasteiger partial charge < -0.3 is 5.73 Å². The molecule has 0 amide bonds. The van der Waals surface area contributed by atoms with E-state index in [-0.39, 0.29) is 0 Å². The lowest BCUT2D eigenvalue weighted by atomic mass is 10.2. The fourth-order valence-corrected chi connectivity index (χ4v) is 2.40. The Labute approximate surface area is 95.8 Å². The van der Waals surface area contributed by atoms with Crippen LogP contribution in [-0.4, -0.2) is 30.3 Å². The molecule has 82 valence electrons. The van der Waals surface area contributed by atoms with Crippen molar-refractivity contribution in [3.63, 3.8) is 0 Å². The molecule has 1 atom stereocenters. The fraction of sp³-hybridized carbons (Fsp3) is 0.500. The van der Waals surface area contributed by atoms with Crippen molar-refractivity contribution in [3.8, 4) is 0 Å². The van der Waals surface area contributed by atoms with Crippen LogP contribution in [-0.2, 0) is 6.54 Å². The third kappa shape index (κ3) is 2.97. The average Bonchev–Trinajstić information content (AvgIpc) is 2.65. The second-order valence-electron chi connectivity index (χ2n) is 4.13. The maximum Gasteiger partial charge on any atom is 0.0234 e. The molecule has 0 bridgehead atoms. The minimum Gasteiger partial charge on any atom is -0.326 e. The average molecular weight is 222 g/mol. The lowest BCUT2D eigenvalue weighted by Gasteiger charge is -2.15. The maximum absolute atomic E-state index is 5.88. The van der Waals surface area contributed by atoms with Crippen molar-refractivity contribution < 1.29 is 0 Å². The van der Waals surface area contributed by atoms with E-state index in [0.717, 1.165) is 26.1 Å². The van der Waals surface area contributed by atoms with Crippen LogP contribution in [0.3, 0.4) is 0 Å². The molecule has 0 aliphatic carbocycles. The number of nitrogens with zero attached hydrogens (tertiary/aromatic N) is 1. The van der Waals surface area contributed by atoms with Crippen molar-refractivity contribution in [2.45, 2.75) is 23.9 Å². The highest BCUT2D eigenvalue weighted by atomic mass is 32.2. The quantitative estimate of drug-likeness (QED) is 0.793. The van der Waals surface area contributed by atoms with Crippen LogP contribution in [0.2, 0.25) is 0 Å². The van der Waals surface area contributed by atoms with Gasteiger partial charge in [0.1, 0.15) is 0 Å². The first kappa shape index (κ1) is 11.0. The molecule has 0 spiro atoms. The van der Waals surface area contributed by atoms with E-state index in [2.05, 4.69) is 35.4 Å². The lowest BCUT2D eigenvalue weighted by molar-refractivity contribution is 0.327. The third-order valence-corrected chi connectivity index (χ3v) is 3.62. The molecule has 1 aliphatic heterocycles. The predicted octanol–water partition coefficient (Wildman–Crippen LogP) is 1.94. The molecule has 1 heterocycles. The van der Waals surface area contributed by atoms with E-state index in [9.17, 15) is 0 Å². The van der Waals surface area contributed by atoms with Gasteiger partial charge in [0.05, 0.1) is 0 Å². The van der Waals surface area contributed by atoms with Gasteiger partial charge in [0.25, 0.3) is 0 Å². The van der Waals surface area contributed by atoms with Gasteiger partial charge in [-0.25, -0.2) is 0 Å². The molecule has 2 N–H and O–H groups in total. The molecule has 2 nitrogen and oxygen atoms in total. The Balaban J connectivity index is 1.93. The summed E-state index contributed by atoms with van der Waals surface area (Å²) in [5.41, 5.74) is 7.27. The monoisotopic (exact) mass is 222 g/mol. The van der Waals surface area contributed by atoms with E-state index in [0.29, 0.717) is 6.04 Å². The van der Waals surface area contributed by atoms with Crippen LogP contribution < -0.4 is 5.73 Å². The van der Waals surface area contributed by atoms with Crippen LogP contribution in [0.25, 0.3) is 0 Å². The molecule has 0 saturated carbocycles. The third-order valence-electron chi connectivity index (χ3n) is 2.87. The Morgan fingerprint density at radius 3 is 2.67 bits per heavy atom. The Kier molecular flexibility index (Phi) is 3.67. The Bertz CT molecular complexity index is 310. The fourth-order valence-electron chi connectivity index (χ4n) is 2.00. The summed E-state index contributed by atoms with van der Waals surface area (Å²) in [6.07, 6.45) is 3.25. The molecule has 3 heteroatoms. The van der Waals surface area contributed by atoms with Crippen molar-refractivity contribution in [2.24, 2.45) is 5.73 Å². The van der Waals surface area contributed by atoms with Gasteiger partial charge in [-0.15, -0.1) is 11.8 Å². The van der Waals surface area contributed by atoms with Gasteiger partial charge in [-0.1, -0.05) is 12.1 Å². The second-order valence-corrected chi connectivity index (χ2v) is 5.01. The minimum absolute atomic E-state index is 0.385. The lowest BCUT2D eigenvalue weighted by Crippen LogP contribution is -2.26.